The molecule has 1 aromatic heterocycles. The molecule has 0 saturated heterocycles. The maximum Gasteiger partial charge on any atom is 0.195 e. The molecule has 110 valence electrons. The molecule has 4 heteroatoms. The lowest BCUT2D eigenvalue weighted by Gasteiger charge is -2.15. The Morgan fingerprint density at radius 3 is 2.32 bits per heavy atom. The van der Waals surface area contributed by atoms with E-state index in [1.165, 1.54) is 6.92 Å². The number of aromatic nitrogens is 2. The molecule has 0 fully saturated rings. The van der Waals surface area contributed by atoms with Crippen LogP contribution in [0, 0.1) is 0 Å². The molecule has 1 heterocycles. The lowest BCUT2D eigenvalue weighted by molar-refractivity contribution is 0.0929. The molecule has 0 aliphatic rings. The molecule has 3 rings (SSSR count). The van der Waals surface area contributed by atoms with Gasteiger partial charge in [-0.05, 0) is 19.1 Å². The van der Waals surface area contributed by atoms with Crippen LogP contribution in [0.5, 0.6) is 0 Å². The number of hydrogen-bond acceptors (Lipinski definition) is 3. The van der Waals surface area contributed by atoms with Crippen LogP contribution in [0.2, 0.25) is 0 Å². The van der Waals surface area contributed by atoms with Crippen molar-refractivity contribution < 1.29 is 9.59 Å². The molecule has 0 aliphatic heterocycles. The Morgan fingerprint density at radius 2 is 1.64 bits per heavy atom. The highest BCUT2D eigenvalue weighted by Gasteiger charge is 2.24. The average molecular weight is 292 g/mol. The fourth-order valence-corrected chi connectivity index (χ4v) is 2.65. The number of nitrogens with zero attached hydrogens (tertiary/aromatic N) is 2. The Kier molecular flexibility index (Phi) is 3.59. The lowest BCUT2D eigenvalue weighted by atomic mass is 10.0. The summed E-state index contributed by atoms with van der Waals surface area (Å²) < 4.78 is 1.73. The van der Waals surface area contributed by atoms with Crippen molar-refractivity contribution in [3.05, 3.63) is 66.0 Å². The van der Waals surface area contributed by atoms with E-state index in [-0.39, 0.29) is 11.6 Å². The SMILES string of the molecule is CC(=O)c1nc2ccccc2n1[C@H](C)C(=O)c1ccccc1. The van der Waals surface area contributed by atoms with E-state index in [0.717, 1.165) is 11.0 Å². The van der Waals surface area contributed by atoms with E-state index in [1.54, 1.807) is 23.6 Å². The minimum Gasteiger partial charge on any atom is -0.311 e. The van der Waals surface area contributed by atoms with Gasteiger partial charge in [-0.15, -0.1) is 0 Å². The Hall–Kier alpha value is -2.75. The predicted molar refractivity (Wildman–Crippen MR) is 85.2 cm³/mol. The summed E-state index contributed by atoms with van der Waals surface area (Å²) in [5.41, 5.74) is 2.15. The number of Topliss-reactive ketones (excluding diaryl/α,β-unsaturated/α-hetero) is 2. The van der Waals surface area contributed by atoms with Crippen LogP contribution in [-0.2, 0) is 0 Å². The quantitative estimate of drug-likeness (QED) is 0.689. The highest BCUT2D eigenvalue weighted by atomic mass is 16.1. The third-order valence-electron chi connectivity index (χ3n) is 3.74. The summed E-state index contributed by atoms with van der Waals surface area (Å²) in [6, 6.07) is 16.1. The van der Waals surface area contributed by atoms with Gasteiger partial charge in [-0.3, -0.25) is 9.59 Å². The molecule has 0 radical (unpaired) electrons. The topological polar surface area (TPSA) is 52.0 Å². The molecule has 0 N–H and O–H groups in total. The molecule has 3 aromatic rings. The number of imidazole rings is 1. The van der Waals surface area contributed by atoms with Gasteiger partial charge in [0.2, 0.25) is 0 Å². The molecule has 22 heavy (non-hydrogen) atoms. The zero-order chi connectivity index (χ0) is 15.7. The summed E-state index contributed by atoms with van der Waals surface area (Å²) >= 11 is 0. The Labute approximate surface area is 128 Å². The third-order valence-corrected chi connectivity index (χ3v) is 3.74. The van der Waals surface area contributed by atoms with Crippen LogP contribution in [0.25, 0.3) is 11.0 Å². The number of carbonyl (C=O) groups is 2. The number of fused-ring (bicyclic) bond motifs is 1. The van der Waals surface area contributed by atoms with E-state index < -0.39 is 6.04 Å². The summed E-state index contributed by atoms with van der Waals surface area (Å²) in [5.74, 6) is 0.133. The molecule has 0 saturated carbocycles. The maximum absolute atomic E-state index is 12.7. The van der Waals surface area contributed by atoms with Gasteiger partial charge >= 0.3 is 0 Å². The molecular formula is C18H16N2O2. The molecule has 2 aromatic carbocycles. The fourth-order valence-electron chi connectivity index (χ4n) is 2.65. The molecular weight excluding hydrogens is 276 g/mol. The fraction of sp³-hybridized carbons (Fsp3) is 0.167. The van der Waals surface area contributed by atoms with E-state index in [0.29, 0.717) is 11.4 Å². The smallest absolute Gasteiger partial charge is 0.195 e. The third kappa shape index (κ3) is 2.33. The minimum atomic E-state index is -0.492. The van der Waals surface area contributed by atoms with Gasteiger partial charge in [-0.25, -0.2) is 4.98 Å². The van der Waals surface area contributed by atoms with Crippen LogP contribution in [0.3, 0.4) is 0 Å². The van der Waals surface area contributed by atoms with Gasteiger partial charge in [0.15, 0.2) is 17.4 Å². The largest absolute Gasteiger partial charge is 0.311 e. The molecule has 0 aliphatic carbocycles. The van der Waals surface area contributed by atoms with Crippen LogP contribution >= 0.6 is 0 Å². The molecule has 0 spiro atoms. The number of carbonyl (C=O) groups excluding carboxylic acids is 2. The standard InChI is InChI=1S/C18H16N2O2/c1-12(17(22)14-8-4-3-5-9-14)20-16-11-7-6-10-15(16)19-18(20)13(2)21/h3-12H,1-2H3/t12-/m1/s1. The van der Waals surface area contributed by atoms with Crippen LogP contribution in [0.4, 0.5) is 0 Å². The monoisotopic (exact) mass is 292 g/mol. The summed E-state index contributed by atoms with van der Waals surface area (Å²) in [4.78, 5) is 29.0. The highest BCUT2D eigenvalue weighted by molar-refractivity contribution is 6.01. The van der Waals surface area contributed by atoms with Crippen molar-refractivity contribution >= 4 is 22.6 Å². The van der Waals surface area contributed by atoms with Gasteiger partial charge in [-0.2, -0.15) is 0 Å². The second kappa shape index (κ2) is 5.56. The summed E-state index contributed by atoms with van der Waals surface area (Å²) in [6.45, 7) is 3.27. The number of benzene rings is 2. The van der Waals surface area contributed by atoms with E-state index >= 15 is 0 Å². The molecule has 1 atom stereocenters. The summed E-state index contributed by atoms with van der Waals surface area (Å²) in [6.07, 6.45) is 0. The van der Waals surface area contributed by atoms with Gasteiger partial charge in [0.1, 0.15) is 0 Å². The lowest BCUT2D eigenvalue weighted by Crippen LogP contribution is -2.20. The van der Waals surface area contributed by atoms with Crippen molar-refractivity contribution in [3.8, 4) is 0 Å². The Bertz CT molecular complexity index is 850. The Morgan fingerprint density at radius 1 is 1.00 bits per heavy atom. The van der Waals surface area contributed by atoms with Gasteiger partial charge in [0.25, 0.3) is 0 Å². The second-order valence-electron chi connectivity index (χ2n) is 5.26. The van der Waals surface area contributed by atoms with Crippen LogP contribution in [0.15, 0.2) is 54.6 Å². The van der Waals surface area contributed by atoms with Crippen LogP contribution < -0.4 is 0 Å². The number of ketones is 2. The number of hydrogen-bond donors (Lipinski definition) is 0. The minimum absolute atomic E-state index is 0.0359. The van der Waals surface area contributed by atoms with Crippen molar-refractivity contribution in [2.45, 2.75) is 19.9 Å². The zero-order valence-electron chi connectivity index (χ0n) is 12.5. The maximum atomic E-state index is 12.7. The average Bonchev–Trinajstić information content (AvgIpc) is 2.94. The first-order valence-corrected chi connectivity index (χ1v) is 7.16. The van der Waals surface area contributed by atoms with Gasteiger partial charge in [0, 0.05) is 12.5 Å². The van der Waals surface area contributed by atoms with E-state index in [4.69, 9.17) is 0 Å². The summed E-state index contributed by atoms with van der Waals surface area (Å²) in [5, 5.41) is 0. The number of rotatable bonds is 4. The van der Waals surface area contributed by atoms with Crippen molar-refractivity contribution in [2.75, 3.05) is 0 Å². The van der Waals surface area contributed by atoms with Gasteiger partial charge in [-0.1, -0.05) is 42.5 Å². The second-order valence-corrected chi connectivity index (χ2v) is 5.26. The molecule has 0 amide bonds. The first kappa shape index (κ1) is 14.2. The first-order chi connectivity index (χ1) is 10.6. The highest BCUT2D eigenvalue weighted by Crippen LogP contribution is 2.24. The van der Waals surface area contributed by atoms with Crippen molar-refractivity contribution in [2.24, 2.45) is 0 Å². The van der Waals surface area contributed by atoms with E-state index in [1.807, 2.05) is 42.5 Å². The van der Waals surface area contributed by atoms with E-state index in [9.17, 15) is 9.59 Å². The summed E-state index contributed by atoms with van der Waals surface area (Å²) in [7, 11) is 0. The van der Waals surface area contributed by atoms with Crippen molar-refractivity contribution in [1.29, 1.82) is 0 Å². The molecule has 0 bridgehead atoms. The van der Waals surface area contributed by atoms with Gasteiger partial charge < -0.3 is 4.57 Å². The van der Waals surface area contributed by atoms with Crippen molar-refractivity contribution in [3.63, 3.8) is 0 Å². The molecule has 4 nitrogen and oxygen atoms in total. The zero-order valence-corrected chi connectivity index (χ0v) is 12.5. The number of para-hydroxylation sites is 2. The Balaban J connectivity index is 2.14. The van der Waals surface area contributed by atoms with Crippen LogP contribution in [0.1, 0.15) is 40.9 Å². The van der Waals surface area contributed by atoms with E-state index in [2.05, 4.69) is 4.98 Å². The predicted octanol–water partition coefficient (Wildman–Crippen LogP) is 3.68. The van der Waals surface area contributed by atoms with Gasteiger partial charge in [0.05, 0.1) is 17.1 Å². The van der Waals surface area contributed by atoms with Crippen molar-refractivity contribution in [1.82, 2.24) is 9.55 Å². The normalized spacial score (nSPS) is 12.3. The molecule has 0 unspecified atom stereocenters. The van der Waals surface area contributed by atoms with Crippen LogP contribution in [-0.4, -0.2) is 21.1 Å². The first-order valence-electron chi connectivity index (χ1n) is 7.16.